The third-order valence-electron chi connectivity index (χ3n) is 4.94. The van der Waals surface area contributed by atoms with Crippen molar-refractivity contribution in [3.05, 3.63) is 30.1 Å². The Kier molecular flexibility index (Phi) is 5.93. The second-order valence-electron chi connectivity index (χ2n) is 6.87. The number of halogens is 1. The molecule has 0 saturated carbocycles. The van der Waals surface area contributed by atoms with Crippen LogP contribution < -0.4 is 10.2 Å². The maximum Gasteiger partial charge on any atom is 0.407 e. The molecule has 2 atom stereocenters. The van der Waals surface area contributed by atoms with Crippen LogP contribution in [0.3, 0.4) is 0 Å². The Hall–Kier alpha value is -2.64. The molecule has 2 unspecified atom stereocenters. The lowest BCUT2D eigenvalue weighted by atomic mass is 10.0. The Bertz CT molecular complexity index is 709. The Balaban J connectivity index is 1.59. The van der Waals surface area contributed by atoms with E-state index in [2.05, 4.69) is 5.32 Å². The molecule has 3 rings (SSSR count). The standard InChI is InChI=1S/C19H24FN3O4/c1-2-27-19(26)21-15-4-3-9-22(12-15)18(25)13-10-17(24)23(11-13)16-7-5-14(20)6-8-16/h5-8,13,15H,2-4,9-12H2,1H3,(H,21,26). The van der Waals surface area contributed by atoms with E-state index in [1.165, 1.54) is 17.0 Å². The van der Waals surface area contributed by atoms with E-state index in [0.717, 1.165) is 12.8 Å². The smallest absolute Gasteiger partial charge is 0.407 e. The van der Waals surface area contributed by atoms with Crippen LogP contribution in [0.15, 0.2) is 24.3 Å². The zero-order chi connectivity index (χ0) is 19.4. The number of nitrogens with zero attached hydrogens (tertiary/aromatic N) is 2. The molecule has 3 amide bonds. The summed E-state index contributed by atoms with van der Waals surface area (Å²) in [7, 11) is 0. The molecule has 1 aromatic carbocycles. The molecule has 2 heterocycles. The number of nitrogens with one attached hydrogen (secondary N) is 1. The monoisotopic (exact) mass is 377 g/mol. The first-order valence-corrected chi connectivity index (χ1v) is 9.26. The summed E-state index contributed by atoms with van der Waals surface area (Å²) in [5.41, 5.74) is 0.595. The molecule has 2 saturated heterocycles. The third kappa shape index (κ3) is 4.56. The Morgan fingerprint density at radius 1 is 1.26 bits per heavy atom. The normalized spacial score (nSPS) is 22.7. The zero-order valence-electron chi connectivity index (χ0n) is 15.3. The van der Waals surface area contributed by atoms with Gasteiger partial charge in [-0.1, -0.05) is 0 Å². The molecule has 2 fully saturated rings. The fraction of sp³-hybridized carbons (Fsp3) is 0.526. The minimum absolute atomic E-state index is 0.0803. The third-order valence-corrected chi connectivity index (χ3v) is 4.94. The second-order valence-corrected chi connectivity index (χ2v) is 6.87. The molecule has 8 heteroatoms. The van der Waals surface area contributed by atoms with E-state index in [-0.39, 0.29) is 36.6 Å². The van der Waals surface area contributed by atoms with E-state index < -0.39 is 12.0 Å². The number of alkyl carbamates (subject to hydrolysis) is 1. The lowest BCUT2D eigenvalue weighted by Gasteiger charge is -2.34. The van der Waals surface area contributed by atoms with Gasteiger partial charge in [0.05, 0.1) is 12.5 Å². The van der Waals surface area contributed by atoms with Gasteiger partial charge in [-0.3, -0.25) is 9.59 Å². The summed E-state index contributed by atoms with van der Waals surface area (Å²) in [5, 5.41) is 2.78. The van der Waals surface area contributed by atoms with Gasteiger partial charge in [0, 0.05) is 37.8 Å². The van der Waals surface area contributed by atoms with Crippen molar-refractivity contribution < 1.29 is 23.5 Å². The predicted molar refractivity (Wildman–Crippen MR) is 96.6 cm³/mol. The van der Waals surface area contributed by atoms with Crippen molar-refractivity contribution >= 4 is 23.6 Å². The molecule has 1 aromatic rings. The van der Waals surface area contributed by atoms with Crippen molar-refractivity contribution in [2.24, 2.45) is 5.92 Å². The van der Waals surface area contributed by atoms with Gasteiger partial charge in [0.2, 0.25) is 11.8 Å². The van der Waals surface area contributed by atoms with Crippen LogP contribution in [0.1, 0.15) is 26.2 Å². The lowest BCUT2D eigenvalue weighted by molar-refractivity contribution is -0.137. The number of rotatable bonds is 4. The minimum atomic E-state index is -0.477. The molecule has 0 aromatic heterocycles. The first-order valence-electron chi connectivity index (χ1n) is 9.26. The quantitative estimate of drug-likeness (QED) is 0.869. The van der Waals surface area contributed by atoms with E-state index >= 15 is 0 Å². The summed E-state index contributed by atoms with van der Waals surface area (Å²) < 4.78 is 18.0. The summed E-state index contributed by atoms with van der Waals surface area (Å²) in [4.78, 5) is 40.0. The number of ether oxygens (including phenoxy) is 1. The lowest BCUT2D eigenvalue weighted by Crippen LogP contribution is -2.51. The van der Waals surface area contributed by atoms with Crippen molar-refractivity contribution in [3.8, 4) is 0 Å². The number of hydrogen-bond donors (Lipinski definition) is 1. The molecule has 146 valence electrons. The SMILES string of the molecule is CCOC(=O)NC1CCCN(C(=O)C2CC(=O)N(c3ccc(F)cc3)C2)C1. The highest BCUT2D eigenvalue weighted by molar-refractivity contribution is 6.00. The van der Waals surface area contributed by atoms with Gasteiger partial charge < -0.3 is 19.9 Å². The van der Waals surface area contributed by atoms with Crippen LogP contribution in [-0.2, 0) is 14.3 Å². The molecule has 2 aliphatic heterocycles. The average molecular weight is 377 g/mol. The highest BCUT2D eigenvalue weighted by Crippen LogP contribution is 2.27. The van der Waals surface area contributed by atoms with E-state index in [4.69, 9.17) is 4.74 Å². The van der Waals surface area contributed by atoms with Gasteiger partial charge in [0.1, 0.15) is 5.82 Å². The molecule has 0 bridgehead atoms. The van der Waals surface area contributed by atoms with Crippen LogP contribution in [0.2, 0.25) is 0 Å². The number of carbonyl (C=O) groups excluding carboxylic acids is 3. The van der Waals surface area contributed by atoms with E-state index in [1.54, 1.807) is 24.0 Å². The van der Waals surface area contributed by atoms with Crippen molar-refractivity contribution in [1.29, 1.82) is 0 Å². The number of benzene rings is 1. The van der Waals surface area contributed by atoms with Gasteiger partial charge in [-0.25, -0.2) is 9.18 Å². The zero-order valence-corrected chi connectivity index (χ0v) is 15.3. The molecule has 27 heavy (non-hydrogen) atoms. The van der Waals surface area contributed by atoms with Crippen molar-refractivity contribution in [2.75, 3.05) is 31.1 Å². The topological polar surface area (TPSA) is 79.0 Å². The molecule has 0 aliphatic carbocycles. The summed E-state index contributed by atoms with van der Waals surface area (Å²) >= 11 is 0. The molecular formula is C19H24FN3O4. The highest BCUT2D eigenvalue weighted by Gasteiger charge is 2.38. The number of amides is 3. The Morgan fingerprint density at radius 3 is 2.70 bits per heavy atom. The van der Waals surface area contributed by atoms with Crippen molar-refractivity contribution in [3.63, 3.8) is 0 Å². The molecule has 2 aliphatic rings. The Labute approximate surface area is 157 Å². The van der Waals surface area contributed by atoms with Gasteiger partial charge in [0.15, 0.2) is 0 Å². The summed E-state index contributed by atoms with van der Waals surface area (Å²) in [6, 6.07) is 5.54. The molecule has 0 spiro atoms. The number of anilines is 1. The average Bonchev–Trinajstić information content (AvgIpc) is 3.04. The maximum absolute atomic E-state index is 13.1. The first kappa shape index (κ1) is 19.1. The Morgan fingerprint density at radius 2 is 2.00 bits per heavy atom. The fourth-order valence-corrected chi connectivity index (χ4v) is 3.64. The van der Waals surface area contributed by atoms with E-state index in [9.17, 15) is 18.8 Å². The van der Waals surface area contributed by atoms with Gasteiger partial charge in [-0.15, -0.1) is 0 Å². The van der Waals surface area contributed by atoms with Gasteiger partial charge in [0.25, 0.3) is 0 Å². The van der Waals surface area contributed by atoms with Crippen LogP contribution >= 0.6 is 0 Å². The number of hydrogen-bond acceptors (Lipinski definition) is 4. The maximum atomic E-state index is 13.1. The largest absolute Gasteiger partial charge is 0.450 e. The van der Waals surface area contributed by atoms with Crippen LogP contribution in [0.4, 0.5) is 14.9 Å². The van der Waals surface area contributed by atoms with Crippen molar-refractivity contribution in [2.45, 2.75) is 32.2 Å². The first-order chi connectivity index (χ1) is 13.0. The van der Waals surface area contributed by atoms with Crippen LogP contribution in [-0.4, -0.2) is 55.1 Å². The highest BCUT2D eigenvalue weighted by atomic mass is 19.1. The van der Waals surface area contributed by atoms with Gasteiger partial charge in [-0.2, -0.15) is 0 Å². The summed E-state index contributed by atoms with van der Waals surface area (Å²) in [6.07, 6.45) is 1.23. The minimum Gasteiger partial charge on any atom is -0.450 e. The van der Waals surface area contributed by atoms with Gasteiger partial charge in [-0.05, 0) is 44.0 Å². The van der Waals surface area contributed by atoms with Crippen LogP contribution in [0.25, 0.3) is 0 Å². The summed E-state index contributed by atoms with van der Waals surface area (Å²) in [6.45, 7) is 3.35. The van der Waals surface area contributed by atoms with Gasteiger partial charge >= 0.3 is 6.09 Å². The van der Waals surface area contributed by atoms with Crippen LogP contribution in [0, 0.1) is 11.7 Å². The van der Waals surface area contributed by atoms with Crippen LogP contribution in [0.5, 0.6) is 0 Å². The van der Waals surface area contributed by atoms with E-state index in [0.29, 0.717) is 25.4 Å². The molecular weight excluding hydrogens is 353 g/mol. The number of carbonyl (C=O) groups is 3. The number of piperidine rings is 1. The number of likely N-dealkylation sites (tertiary alicyclic amines) is 1. The predicted octanol–water partition coefficient (Wildman–Crippen LogP) is 1.92. The second kappa shape index (κ2) is 8.37. The fourth-order valence-electron chi connectivity index (χ4n) is 3.64. The van der Waals surface area contributed by atoms with Crippen molar-refractivity contribution in [1.82, 2.24) is 10.2 Å². The molecule has 1 N–H and O–H groups in total. The molecule has 0 radical (unpaired) electrons. The molecule has 7 nitrogen and oxygen atoms in total. The summed E-state index contributed by atoms with van der Waals surface area (Å²) in [5.74, 6) is -1.02. The van der Waals surface area contributed by atoms with E-state index in [1.807, 2.05) is 0 Å².